The van der Waals surface area contributed by atoms with Crippen LogP contribution in [-0.4, -0.2) is 25.4 Å². The first kappa shape index (κ1) is 11.4. The van der Waals surface area contributed by atoms with Gasteiger partial charge in [-0.2, -0.15) is 4.37 Å². The van der Waals surface area contributed by atoms with Crippen molar-refractivity contribution in [3.8, 4) is 0 Å². The molecule has 0 fully saturated rings. The number of rotatable bonds is 3. The first-order valence-corrected chi connectivity index (χ1v) is 5.30. The Hall–Kier alpha value is -2.09. The molecule has 0 radical (unpaired) electrons. The lowest BCUT2D eigenvalue weighted by Crippen LogP contribution is -2.05. The van der Waals surface area contributed by atoms with Crippen molar-refractivity contribution < 1.29 is 14.3 Å². The van der Waals surface area contributed by atoms with E-state index in [1.165, 1.54) is 6.20 Å². The Morgan fingerprint density at radius 1 is 1.59 bits per heavy atom. The van der Waals surface area contributed by atoms with Gasteiger partial charge in [-0.3, -0.25) is 0 Å². The number of carboxylic acid groups (broad SMARTS) is 1. The number of carboxylic acids is 1. The minimum atomic E-state index is -1.35. The summed E-state index contributed by atoms with van der Waals surface area (Å²) < 4.78 is 17.6. The van der Waals surface area contributed by atoms with Crippen LogP contribution in [0.2, 0.25) is 0 Å². The van der Waals surface area contributed by atoms with Crippen LogP contribution in [0, 0.1) is 12.7 Å². The number of aryl methyl sites for hydroxylation is 1. The smallest absolute Gasteiger partial charge is 0.338 e. The molecule has 8 heteroatoms. The van der Waals surface area contributed by atoms with Gasteiger partial charge in [0.15, 0.2) is 11.6 Å². The van der Waals surface area contributed by atoms with Gasteiger partial charge in [-0.15, -0.1) is 0 Å². The summed E-state index contributed by atoms with van der Waals surface area (Å²) in [7, 11) is 0. The molecule has 0 spiro atoms. The van der Waals surface area contributed by atoms with E-state index in [0.717, 1.165) is 17.6 Å². The van der Waals surface area contributed by atoms with Crippen molar-refractivity contribution in [2.24, 2.45) is 0 Å². The molecule has 2 heterocycles. The highest BCUT2D eigenvalue weighted by Gasteiger charge is 2.15. The SMILES string of the molecule is Cc1nsc(Nc2nccc(C(=O)O)c2F)n1. The highest BCUT2D eigenvalue weighted by molar-refractivity contribution is 7.09. The predicted octanol–water partition coefficient (Wildman–Crippen LogP) is 1.82. The van der Waals surface area contributed by atoms with Crippen molar-refractivity contribution in [1.82, 2.24) is 14.3 Å². The van der Waals surface area contributed by atoms with E-state index >= 15 is 0 Å². The number of hydrogen-bond acceptors (Lipinski definition) is 6. The van der Waals surface area contributed by atoms with Crippen molar-refractivity contribution in [3.05, 3.63) is 29.5 Å². The molecule has 0 amide bonds. The molecular formula is C9H7FN4O2S. The summed E-state index contributed by atoms with van der Waals surface area (Å²) in [6.07, 6.45) is 1.21. The molecule has 88 valence electrons. The monoisotopic (exact) mass is 254 g/mol. The van der Waals surface area contributed by atoms with Gasteiger partial charge in [0.1, 0.15) is 11.4 Å². The van der Waals surface area contributed by atoms with Gasteiger partial charge in [-0.05, 0) is 13.0 Å². The van der Waals surface area contributed by atoms with E-state index in [-0.39, 0.29) is 5.82 Å². The van der Waals surface area contributed by atoms with Crippen molar-refractivity contribution in [2.45, 2.75) is 6.92 Å². The van der Waals surface area contributed by atoms with Crippen LogP contribution in [-0.2, 0) is 0 Å². The summed E-state index contributed by atoms with van der Waals surface area (Å²) in [6.45, 7) is 1.69. The maximum absolute atomic E-state index is 13.7. The van der Waals surface area contributed by atoms with Crippen LogP contribution in [0.3, 0.4) is 0 Å². The van der Waals surface area contributed by atoms with Crippen LogP contribution >= 0.6 is 11.5 Å². The lowest BCUT2D eigenvalue weighted by atomic mass is 10.2. The van der Waals surface area contributed by atoms with E-state index < -0.39 is 17.3 Å². The molecule has 0 bridgehead atoms. The van der Waals surface area contributed by atoms with Gasteiger partial charge < -0.3 is 10.4 Å². The zero-order chi connectivity index (χ0) is 12.4. The number of halogens is 1. The standard InChI is InChI=1S/C9H7FN4O2S/c1-4-12-9(17-14-4)13-7-6(10)5(8(15)16)2-3-11-7/h2-3H,1H3,(H,15,16)(H,11,12,13,14). The fourth-order valence-corrected chi connectivity index (χ4v) is 1.72. The molecule has 2 rings (SSSR count). The summed E-state index contributed by atoms with van der Waals surface area (Å²) in [6, 6.07) is 1.09. The van der Waals surface area contributed by atoms with Crippen LogP contribution in [0.15, 0.2) is 12.3 Å². The summed E-state index contributed by atoms with van der Waals surface area (Å²) in [5, 5.41) is 11.7. The number of nitrogens with one attached hydrogen (secondary N) is 1. The van der Waals surface area contributed by atoms with E-state index in [2.05, 4.69) is 19.7 Å². The van der Waals surface area contributed by atoms with Gasteiger partial charge in [0.05, 0.1) is 0 Å². The Morgan fingerprint density at radius 2 is 2.35 bits per heavy atom. The molecule has 17 heavy (non-hydrogen) atoms. The Kier molecular flexibility index (Phi) is 2.96. The number of nitrogens with zero attached hydrogens (tertiary/aromatic N) is 3. The first-order valence-electron chi connectivity index (χ1n) is 4.53. The molecule has 0 atom stereocenters. The Balaban J connectivity index is 2.33. The molecule has 0 saturated heterocycles. The number of anilines is 2. The van der Waals surface area contributed by atoms with Crippen LogP contribution in [0.4, 0.5) is 15.3 Å². The van der Waals surface area contributed by atoms with Crippen molar-refractivity contribution >= 4 is 28.5 Å². The molecule has 0 aliphatic rings. The first-order chi connectivity index (χ1) is 8.08. The molecular weight excluding hydrogens is 247 g/mol. The van der Waals surface area contributed by atoms with Crippen LogP contribution < -0.4 is 5.32 Å². The molecule has 0 aliphatic carbocycles. The minimum absolute atomic E-state index is 0.180. The summed E-state index contributed by atoms with van der Waals surface area (Å²) in [4.78, 5) is 18.4. The van der Waals surface area contributed by atoms with Crippen LogP contribution in [0.1, 0.15) is 16.2 Å². The maximum atomic E-state index is 13.7. The topological polar surface area (TPSA) is 88.0 Å². The number of aromatic nitrogens is 3. The van der Waals surface area contributed by atoms with E-state index in [4.69, 9.17) is 5.11 Å². The molecule has 0 unspecified atom stereocenters. The van der Waals surface area contributed by atoms with Crippen molar-refractivity contribution in [3.63, 3.8) is 0 Å². The second kappa shape index (κ2) is 4.42. The van der Waals surface area contributed by atoms with Crippen molar-refractivity contribution in [1.29, 1.82) is 0 Å². The van der Waals surface area contributed by atoms with Crippen LogP contribution in [0.5, 0.6) is 0 Å². The number of aromatic carboxylic acids is 1. The quantitative estimate of drug-likeness (QED) is 0.868. The Bertz CT molecular complexity index is 572. The van der Waals surface area contributed by atoms with Gasteiger partial charge in [-0.1, -0.05) is 0 Å². The van der Waals surface area contributed by atoms with Crippen LogP contribution in [0.25, 0.3) is 0 Å². The highest BCUT2D eigenvalue weighted by atomic mass is 32.1. The van der Waals surface area contributed by atoms with Gasteiger partial charge in [-0.25, -0.2) is 19.2 Å². The molecule has 0 aliphatic heterocycles. The zero-order valence-electron chi connectivity index (χ0n) is 8.64. The second-order valence-electron chi connectivity index (χ2n) is 3.10. The molecule has 2 N–H and O–H groups in total. The molecule has 0 saturated carbocycles. The third-order valence-corrected chi connectivity index (χ3v) is 2.59. The average Bonchev–Trinajstić information content (AvgIpc) is 2.67. The fourth-order valence-electron chi connectivity index (χ4n) is 1.15. The minimum Gasteiger partial charge on any atom is -0.478 e. The molecule has 2 aromatic rings. The highest BCUT2D eigenvalue weighted by Crippen LogP contribution is 2.21. The second-order valence-corrected chi connectivity index (χ2v) is 3.85. The Morgan fingerprint density at radius 3 is 2.94 bits per heavy atom. The van der Waals surface area contributed by atoms with Crippen molar-refractivity contribution in [2.75, 3.05) is 5.32 Å². The summed E-state index contributed by atoms with van der Waals surface area (Å²) >= 11 is 1.04. The van der Waals surface area contributed by atoms with E-state index in [9.17, 15) is 9.18 Å². The van der Waals surface area contributed by atoms with E-state index in [1.807, 2.05) is 0 Å². The van der Waals surface area contributed by atoms with Gasteiger partial charge in [0.25, 0.3) is 0 Å². The molecule has 6 nitrogen and oxygen atoms in total. The molecule has 2 aromatic heterocycles. The average molecular weight is 254 g/mol. The van der Waals surface area contributed by atoms with E-state index in [0.29, 0.717) is 11.0 Å². The lowest BCUT2D eigenvalue weighted by Gasteiger charge is -2.04. The maximum Gasteiger partial charge on any atom is 0.338 e. The Labute approximate surface area is 99.3 Å². The zero-order valence-corrected chi connectivity index (χ0v) is 9.45. The van der Waals surface area contributed by atoms with Gasteiger partial charge in [0, 0.05) is 17.7 Å². The lowest BCUT2D eigenvalue weighted by molar-refractivity contribution is 0.0692. The van der Waals surface area contributed by atoms with E-state index in [1.54, 1.807) is 6.92 Å². The number of pyridine rings is 1. The van der Waals surface area contributed by atoms with Gasteiger partial charge in [0.2, 0.25) is 5.13 Å². The third-order valence-electron chi connectivity index (χ3n) is 1.87. The molecule has 0 aromatic carbocycles. The third kappa shape index (κ3) is 2.36. The largest absolute Gasteiger partial charge is 0.478 e. The summed E-state index contributed by atoms with van der Waals surface area (Å²) in [5.74, 6) is -1.90. The predicted molar refractivity (Wildman–Crippen MR) is 59.1 cm³/mol. The number of hydrogen-bond donors (Lipinski definition) is 2. The van der Waals surface area contributed by atoms with Gasteiger partial charge >= 0.3 is 5.97 Å². The normalized spacial score (nSPS) is 10.2. The number of carbonyl (C=O) groups is 1. The fraction of sp³-hybridized carbons (Fsp3) is 0.111. The summed E-state index contributed by atoms with van der Waals surface area (Å²) in [5.41, 5.74) is -0.441.